The number of aromatic nitrogens is 3. The first-order chi connectivity index (χ1) is 12.7. The molecule has 0 saturated heterocycles. The van der Waals surface area contributed by atoms with E-state index in [1.807, 2.05) is 47.0 Å². The Morgan fingerprint density at radius 1 is 1.00 bits per heavy atom. The molecular weight excluding hydrogens is 348 g/mol. The Labute approximate surface area is 155 Å². The number of nitrogens with zero attached hydrogens (tertiary/aromatic N) is 3. The Kier molecular flexibility index (Phi) is 4.37. The molecule has 1 N–H and O–H groups in total. The third-order valence-corrected chi connectivity index (χ3v) is 4.48. The van der Waals surface area contributed by atoms with Gasteiger partial charge < -0.3 is 5.32 Å². The summed E-state index contributed by atoms with van der Waals surface area (Å²) in [5.41, 5.74) is 3.97. The molecule has 5 nitrogen and oxygen atoms in total. The molecule has 0 aliphatic rings. The van der Waals surface area contributed by atoms with Crippen LogP contribution in [0.4, 0.5) is 0 Å². The van der Waals surface area contributed by atoms with Gasteiger partial charge in [-0.3, -0.25) is 9.36 Å². The van der Waals surface area contributed by atoms with Crippen molar-refractivity contribution in [2.75, 3.05) is 0 Å². The van der Waals surface area contributed by atoms with Crippen LogP contribution in [0.5, 0.6) is 0 Å². The van der Waals surface area contributed by atoms with E-state index in [0.717, 1.165) is 22.4 Å². The second-order valence-corrected chi connectivity index (χ2v) is 6.19. The van der Waals surface area contributed by atoms with Crippen molar-refractivity contribution in [3.63, 3.8) is 0 Å². The Morgan fingerprint density at radius 3 is 2.62 bits per heavy atom. The van der Waals surface area contributed by atoms with E-state index in [-0.39, 0.29) is 5.91 Å². The minimum absolute atomic E-state index is 0.148. The van der Waals surface area contributed by atoms with Gasteiger partial charge in [-0.1, -0.05) is 29.8 Å². The highest BCUT2D eigenvalue weighted by molar-refractivity contribution is 6.31. The van der Waals surface area contributed by atoms with Crippen LogP contribution in [0.2, 0.25) is 5.02 Å². The Balaban J connectivity index is 1.50. The van der Waals surface area contributed by atoms with Gasteiger partial charge in [-0.25, -0.2) is 9.97 Å². The fraction of sp³-hybridized carbons (Fsp3) is 0.0500. The summed E-state index contributed by atoms with van der Waals surface area (Å²) in [6.07, 6.45) is 3.46. The summed E-state index contributed by atoms with van der Waals surface area (Å²) >= 11 is 6.11. The van der Waals surface area contributed by atoms with Crippen molar-refractivity contribution in [1.29, 1.82) is 0 Å². The molecule has 6 heteroatoms. The monoisotopic (exact) mass is 362 g/mol. The second-order valence-electron chi connectivity index (χ2n) is 5.78. The van der Waals surface area contributed by atoms with Gasteiger partial charge in [-0.2, -0.15) is 0 Å². The number of carbonyl (C=O) groups excluding carboxylic acids is 1. The number of halogens is 1. The van der Waals surface area contributed by atoms with E-state index in [1.165, 1.54) is 0 Å². The molecule has 0 aliphatic heterocycles. The molecule has 0 saturated carbocycles. The van der Waals surface area contributed by atoms with Crippen LogP contribution >= 0.6 is 11.6 Å². The lowest BCUT2D eigenvalue weighted by Crippen LogP contribution is -2.22. The van der Waals surface area contributed by atoms with Crippen LogP contribution < -0.4 is 5.32 Å². The predicted molar refractivity (Wildman–Crippen MR) is 101 cm³/mol. The van der Waals surface area contributed by atoms with Gasteiger partial charge in [0.15, 0.2) is 5.65 Å². The maximum absolute atomic E-state index is 12.4. The number of carbonyl (C=O) groups is 1. The van der Waals surface area contributed by atoms with E-state index in [9.17, 15) is 4.79 Å². The first-order valence-electron chi connectivity index (χ1n) is 8.12. The van der Waals surface area contributed by atoms with E-state index in [0.29, 0.717) is 17.1 Å². The molecule has 2 aromatic heterocycles. The van der Waals surface area contributed by atoms with Crippen LogP contribution in [0.1, 0.15) is 15.9 Å². The Hall–Kier alpha value is -3.18. The number of benzene rings is 2. The van der Waals surface area contributed by atoms with E-state index >= 15 is 0 Å². The van der Waals surface area contributed by atoms with E-state index in [1.54, 1.807) is 30.7 Å². The van der Waals surface area contributed by atoms with Gasteiger partial charge in [-0.15, -0.1) is 0 Å². The normalized spacial score (nSPS) is 10.8. The molecule has 128 valence electrons. The molecule has 2 heterocycles. The van der Waals surface area contributed by atoms with Crippen LogP contribution in [0.25, 0.3) is 16.9 Å². The largest absolute Gasteiger partial charge is 0.348 e. The summed E-state index contributed by atoms with van der Waals surface area (Å²) in [6.45, 7) is 0.385. The van der Waals surface area contributed by atoms with Gasteiger partial charge in [0.05, 0.1) is 0 Å². The molecule has 26 heavy (non-hydrogen) atoms. The number of hydrogen-bond donors (Lipinski definition) is 1. The zero-order valence-electron chi connectivity index (χ0n) is 13.8. The third-order valence-electron chi connectivity index (χ3n) is 4.11. The van der Waals surface area contributed by atoms with E-state index < -0.39 is 0 Å². The highest BCUT2D eigenvalue weighted by Gasteiger charge is 2.09. The molecule has 0 spiro atoms. The molecule has 0 atom stereocenters. The molecule has 0 radical (unpaired) electrons. The number of imidazole rings is 1. The summed E-state index contributed by atoms with van der Waals surface area (Å²) in [5.74, 6) is -0.148. The van der Waals surface area contributed by atoms with Crippen LogP contribution in [0.15, 0.2) is 73.2 Å². The molecule has 4 rings (SSSR count). The zero-order valence-corrected chi connectivity index (χ0v) is 14.5. The number of amides is 1. The van der Waals surface area contributed by atoms with E-state index in [2.05, 4.69) is 15.3 Å². The van der Waals surface area contributed by atoms with Gasteiger partial charge in [0.1, 0.15) is 11.8 Å². The van der Waals surface area contributed by atoms with Crippen LogP contribution in [-0.2, 0) is 6.54 Å². The molecule has 4 aromatic rings. The number of fused-ring (bicyclic) bond motifs is 1. The van der Waals surface area contributed by atoms with Crippen molar-refractivity contribution in [2.45, 2.75) is 6.54 Å². The lowest BCUT2D eigenvalue weighted by molar-refractivity contribution is 0.0951. The standard InChI is InChI=1S/C20H15ClN4O/c21-17-5-2-1-4-15(17)12-23-20(26)14-7-9-16(10-8-14)25-13-24-18-6-3-11-22-19(18)25/h1-11,13H,12H2,(H,23,26). The lowest BCUT2D eigenvalue weighted by Gasteiger charge is -2.08. The quantitative estimate of drug-likeness (QED) is 0.596. The van der Waals surface area contributed by atoms with Crippen molar-refractivity contribution in [2.24, 2.45) is 0 Å². The van der Waals surface area contributed by atoms with Crippen molar-refractivity contribution >= 4 is 28.7 Å². The fourth-order valence-electron chi connectivity index (χ4n) is 2.73. The topological polar surface area (TPSA) is 59.8 Å². The molecule has 0 aliphatic carbocycles. The summed E-state index contributed by atoms with van der Waals surface area (Å²) in [4.78, 5) is 21.0. The molecule has 0 unspecified atom stereocenters. The van der Waals surface area contributed by atoms with Gasteiger partial charge >= 0.3 is 0 Å². The third kappa shape index (κ3) is 3.17. The molecular formula is C20H15ClN4O. The predicted octanol–water partition coefficient (Wildman–Crippen LogP) is 4.00. The van der Waals surface area contributed by atoms with Crippen LogP contribution in [-0.4, -0.2) is 20.4 Å². The first kappa shape index (κ1) is 16.3. The lowest BCUT2D eigenvalue weighted by atomic mass is 10.1. The highest BCUT2D eigenvalue weighted by Crippen LogP contribution is 2.17. The van der Waals surface area contributed by atoms with Crippen molar-refractivity contribution < 1.29 is 4.79 Å². The first-order valence-corrected chi connectivity index (χ1v) is 8.50. The number of hydrogen-bond acceptors (Lipinski definition) is 3. The number of pyridine rings is 1. The van der Waals surface area contributed by atoms with Crippen molar-refractivity contribution in [3.8, 4) is 5.69 Å². The summed E-state index contributed by atoms with van der Waals surface area (Å²) in [5, 5.41) is 3.53. The smallest absolute Gasteiger partial charge is 0.251 e. The SMILES string of the molecule is O=C(NCc1ccccc1Cl)c1ccc(-n2cnc3cccnc32)cc1. The zero-order chi connectivity index (χ0) is 17.9. The van der Waals surface area contributed by atoms with Gasteiger partial charge in [0.2, 0.25) is 0 Å². The molecule has 0 fully saturated rings. The van der Waals surface area contributed by atoms with Crippen molar-refractivity contribution in [1.82, 2.24) is 19.9 Å². The van der Waals surface area contributed by atoms with Gasteiger partial charge in [0, 0.05) is 29.0 Å². The average Bonchev–Trinajstić information content (AvgIpc) is 3.11. The maximum Gasteiger partial charge on any atom is 0.251 e. The number of rotatable bonds is 4. The molecule has 1 amide bonds. The Bertz CT molecular complexity index is 1070. The second kappa shape index (κ2) is 6.98. The molecule has 2 aromatic carbocycles. The minimum Gasteiger partial charge on any atom is -0.348 e. The summed E-state index contributed by atoms with van der Waals surface area (Å²) in [6, 6.07) is 18.5. The maximum atomic E-state index is 12.4. The van der Waals surface area contributed by atoms with Gasteiger partial charge in [-0.05, 0) is 48.0 Å². The van der Waals surface area contributed by atoms with E-state index in [4.69, 9.17) is 11.6 Å². The highest BCUT2D eigenvalue weighted by atomic mass is 35.5. The number of nitrogens with one attached hydrogen (secondary N) is 1. The van der Waals surface area contributed by atoms with Crippen LogP contribution in [0, 0.1) is 0 Å². The summed E-state index contributed by atoms with van der Waals surface area (Å²) in [7, 11) is 0. The fourth-order valence-corrected chi connectivity index (χ4v) is 2.93. The minimum atomic E-state index is -0.148. The summed E-state index contributed by atoms with van der Waals surface area (Å²) < 4.78 is 1.89. The molecule has 0 bridgehead atoms. The average molecular weight is 363 g/mol. The van der Waals surface area contributed by atoms with Crippen LogP contribution in [0.3, 0.4) is 0 Å². The van der Waals surface area contributed by atoms with Gasteiger partial charge in [0.25, 0.3) is 5.91 Å². The Morgan fingerprint density at radius 2 is 1.81 bits per heavy atom. The van der Waals surface area contributed by atoms with Crippen molar-refractivity contribution in [3.05, 3.63) is 89.3 Å².